The highest BCUT2D eigenvalue weighted by atomic mass is 16.9. The van der Waals surface area contributed by atoms with Gasteiger partial charge in [0.2, 0.25) is 0 Å². The number of rotatable bonds is 0. The van der Waals surface area contributed by atoms with Gasteiger partial charge < -0.3 is 5.21 Å². The molecular formula is C2H3NO3. The molecule has 0 aromatic heterocycles. The van der Waals surface area contributed by atoms with Crippen LogP contribution < -0.4 is 0 Å². The van der Waals surface area contributed by atoms with E-state index < -0.39 is 5.09 Å². The van der Waals surface area contributed by atoms with Crippen LogP contribution in [-0.2, 0) is 0 Å². The molecule has 0 aliphatic rings. The summed E-state index contributed by atoms with van der Waals surface area (Å²) < 4.78 is 0. The van der Waals surface area contributed by atoms with Crippen LogP contribution in [0.5, 0.6) is 0 Å². The van der Waals surface area contributed by atoms with Gasteiger partial charge in [-0.3, -0.25) is 0 Å². The lowest BCUT2D eigenvalue weighted by Gasteiger charge is -1.56. The molecule has 0 aliphatic heterocycles. The predicted octanol–water partition coefficient (Wildman–Crippen LogP) is -0.0983. The largest absolute Gasteiger partial charge is 0.328 e. The number of hydrogen-bond acceptors (Lipinski definition) is 2. The Kier molecular flexibility index (Phi) is 13.6. The molecule has 0 aromatic rings. The average molecular weight is 89.0 g/mol. The summed E-state index contributed by atoms with van der Waals surface area (Å²) in [5.74, 6) is 0. The molecule has 0 rings (SSSR count). The molecule has 0 radical (unpaired) electrons. The van der Waals surface area contributed by atoms with Gasteiger partial charge in [0.15, 0.2) is 0 Å². The van der Waals surface area contributed by atoms with Crippen LogP contribution in [0.4, 0.5) is 0 Å². The third kappa shape index (κ3) is 5.56. The van der Waals surface area contributed by atoms with E-state index in [1.54, 1.807) is 0 Å². The van der Waals surface area contributed by atoms with Crippen molar-refractivity contribution in [2.45, 2.75) is 0 Å². The zero-order valence-electron chi connectivity index (χ0n) is 2.87. The molecule has 34 valence electrons. The SMILES string of the molecule is C#C.O=[N+]([O-])O. The summed E-state index contributed by atoms with van der Waals surface area (Å²) in [6.07, 6.45) is 8.00. The summed E-state index contributed by atoms with van der Waals surface area (Å²) in [6, 6.07) is 0. The molecule has 0 spiro atoms. The van der Waals surface area contributed by atoms with Gasteiger partial charge in [-0.05, 0) is 0 Å². The summed E-state index contributed by atoms with van der Waals surface area (Å²) >= 11 is 0. The first-order chi connectivity index (χ1) is 2.73. The first-order valence-corrected chi connectivity index (χ1v) is 0.898. The first-order valence-electron chi connectivity index (χ1n) is 0.898. The molecule has 6 heavy (non-hydrogen) atoms. The molecule has 0 aliphatic carbocycles. The highest BCUT2D eigenvalue weighted by Crippen LogP contribution is 1.38. The number of terminal acetylenes is 1. The predicted molar refractivity (Wildman–Crippen MR) is 18.7 cm³/mol. The Hall–Kier alpha value is -1.24. The summed E-state index contributed by atoms with van der Waals surface area (Å²) in [6.45, 7) is 0. The van der Waals surface area contributed by atoms with Gasteiger partial charge in [0.05, 0.1) is 0 Å². The Morgan fingerprint density at radius 3 is 1.67 bits per heavy atom. The molecule has 0 fully saturated rings. The minimum Gasteiger partial charge on any atom is -0.328 e. The van der Waals surface area contributed by atoms with Crippen molar-refractivity contribution in [1.82, 2.24) is 0 Å². The lowest BCUT2D eigenvalue weighted by Crippen LogP contribution is -1.81. The lowest BCUT2D eigenvalue weighted by atomic mass is 11.4. The quantitative estimate of drug-likeness (QED) is 0.256. The third-order valence-electron chi connectivity index (χ3n) is 0. The summed E-state index contributed by atoms with van der Waals surface area (Å²) in [5.41, 5.74) is 0. The van der Waals surface area contributed by atoms with Crippen molar-refractivity contribution in [2.75, 3.05) is 0 Å². The van der Waals surface area contributed by atoms with E-state index in [2.05, 4.69) is 12.8 Å². The second kappa shape index (κ2) is 9.25. The Morgan fingerprint density at radius 1 is 1.67 bits per heavy atom. The maximum atomic E-state index is 8.36. The Bertz CT molecular complexity index is 53.1. The van der Waals surface area contributed by atoms with Crippen LogP contribution in [0.2, 0.25) is 0 Å². The molecule has 0 amide bonds. The van der Waals surface area contributed by atoms with Crippen molar-refractivity contribution in [3.8, 4) is 12.8 Å². The van der Waals surface area contributed by atoms with Crippen LogP contribution in [0, 0.1) is 23.0 Å². The lowest BCUT2D eigenvalue weighted by molar-refractivity contribution is -0.742. The molecule has 4 heteroatoms. The number of nitrogens with zero attached hydrogens (tertiary/aromatic N) is 1. The van der Waals surface area contributed by atoms with Gasteiger partial charge in [-0.2, -0.15) is 0 Å². The fourth-order valence-electron chi connectivity index (χ4n) is 0. The van der Waals surface area contributed by atoms with Crippen LogP contribution in [0.15, 0.2) is 0 Å². The second-order valence-corrected chi connectivity index (χ2v) is 0.238. The standard InChI is InChI=1S/C2H2.HNO3/c1-2;2-1(3)4/h1-2H;(H,2,3,4). The average Bonchev–Trinajstić information content (AvgIpc) is 1.41. The fourth-order valence-corrected chi connectivity index (χ4v) is 0. The summed E-state index contributed by atoms with van der Waals surface area (Å²) in [7, 11) is 0. The molecule has 1 N–H and O–H groups in total. The third-order valence-corrected chi connectivity index (χ3v) is 0. The van der Waals surface area contributed by atoms with Gasteiger partial charge in [-0.25, -0.2) is 0 Å². The smallest absolute Gasteiger partial charge is 0.291 e. The molecule has 0 unspecified atom stereocenters. The highest BCUT2D eigenvalue weighted by molar-refractivity contribution is 4.47. The van der Waals surface area contributed by atoms with Crippen LogP contribution in [0.1, 0.15) is 0 Å². The van der Waals surface area contributed by atoms with E-state index in [1.165, 1.54) is 0 Å². The van der Waals surface area contributed by atoms with Crippen molar-refractivity contribution >= 4 is 0 Å². The van der Waals surface area contributed by atoms with Crippen molar-refractivity contribution in [2.24, 2.45) is 0 Å². The Balaban J connectivity index is 0. The van der Waals surface area contributed by atoms with Gasteiger partial charge >= 0.3 is 0 Å². The maximum Gasteiger partial charge on any atom is 0.291 e. The van der Waals surface area contributed by atoms with Crippen LogP contribution in [0.3, 0.4) is 0 Å². The minimum atomic E-state index is -1.50. The molecule has 0 saturated heterocycles. The fraction of sp³-hybridized carbons (Fsp3) is 0. The Labute approximate surface area is 34.5 Å². The monoisotopic (exact) mass is 89.0 g/mol. The minimum absolute atomic E-state index is 1.50. The van der Waals surface area contributed by atoms with Crippen molar-refractivity contribution in [3.63, 3.8) is 0 Å². The first kappa shape index (κ1) is 8.83. The number of hydrogen-bond donors (Lipinski definition) is 1. The van der Waals surface area contributed by atoms with Gasteiger partial charge in [-0.15, -0.1) is 23.0 Å². The van der Waals surface area contributed by atoms with E-state index in [0.717, 1.165) is 0 Å². The maximum absolute atomic E-state index is 8.36. The summed E-state index contributed by atoms with van der Waals surface area (Å²) in [4.78, 5) is 8.36. The van der Waals surface area contributed by atoms with Crippen molar-refractivity contribution < 1.29 is 10.3 Å². The summed E-state index contributed by atoms with van der Waals surface area (Å²) in [5, 5.41) is 13.6. The van der Waals surface area contributed by atoms with Crippen LogP contribution in [0.25, 0.3) is 0 Å². The highest BCUT2D eigenvalue weighted by Gasteiger charge is 1.65. The van der Waals surface area contributed by atoms with Gasteiger partial charge in [-0.1, -0.05) is 0 Å². The zero-order chi connectivity index (χ0) is 5.58. The molecule has 0 saturated carbocycles. The van der Waals surface area contributed by atoms with Crippen molar-refractivity contribution in [1.29, 1.82) is 0 Å². The Morgan fingerprint density at radius 2 is 1.67 bits per heavy atom. The molecule has 4 nitrogen and oxygen atoms in total. The van der Waals surface area contributed by atoms with E-state index in [-0.39, 0.29) is 0 Å². The molecule has 0 atom stereocenters. The normalized spacial score (nSPS) is 4.33. The van der Waals surface area contributed by atoms with Gasteiger partial charge in [0.1, 0.15) is 0 Å². The van der Waals surface area contributed by atoms with Gasteiger partial charge in [0, 0.05) is 0 Å². The topological polar surface area (TPSA) is 63.4 Å². The van der Waals surface area contributed by atoms with Gasteiger partial charge in [0.25, 0.3) is 5.09 Å². The molecule has 0 heterocycles. The van der Waals surface area contributed by atoms with E-state index in [4.69, 9.17) is 15.3 Å². The molecule has 0 bridgehead atoms. The molecule has 0 aromatic carbocycles. The zero-order valence-corrected chi connectivity index (χ0v) is 2.87. The van der Waals surface area contributed by atoms with E-state index >= 15 is 0 Å². The second-order valence-electron chi connectivity index (χ2n) is 0.238. The van der Waals surface area contributed by atoms with Crippen LogP contribution >= 0.6 is 0 Å². The van der Waals surface area contributed by atoms with Crippen molar-refractivity contribution in [3.05, 3.63) is 10.1 Å². The molecular weight excluding hydrogens is 86.0 g/mol. The van der Waals surface area contributed by atoms with Crippen LogP contribution in [-0.4, -0.2) is 10.3 Å². The van der Waals surface area contributed by atoms with E-state index in [0.29, 0.717) is 0 Å². The van der Waals surface area contributed by atoms with E-state index in [1.807, 2.05) is 0 Å². The van der Waals surface area contributed by atoms with E-state index in [9.17, 15) is 0 Å².